The van der Waals surface area contributed by atoms with Crippen molar-refractivity contribution in [3.8, 4) is 0 Å². The highest BCUT2D eigenvalue weighted by Gasteiger charge is 2.77. The molecule has 0 spiro atoms. The van der Waals surface area contributed by atoms with Gasteiger partial charge in [-0.05, 0) is 45.4 Å². The van der Waals surface area contributed by atoms with Gasteiger partial charge in [-0.2, -0.15) is 13.2 Å². The number of aliphatic hydroxyl groups excluding tert-OH is 1. The maximum absolute atomic E-state index is 13.2. The monoisotopic (exact) mass is 594 g/mol. The SMILES string of the molecule is CC(C)N(CCCCc1nc2cc(Cl)c(C(F)(F)F)cc2[nH]1)C[C@H]1O[C@H]2C(n3cnc4c(N)ncnc43)[C@@]2(O)[C@@H]1O. The summed E-state index contributed by atoms with van der Waals surface area (Å²) in [5, 5.41) is 22.0. The van der Waals surface area contributed by atoms with Crippen LogP contribution in [0.3, 0.4) is 0 Å². The second-order valence-electron chi connectivity index (χ2n) is 11.0. The fraction of sp³-hybridized carbons (Fsp3) is 0.538. The molecule has 1 aliphatic carbocycles. The van der Waals surface area contributed by atoms with Gasteiger partial charge in [0.2, 0.25) is 0 Å². The number of nitrogens with zero attached hydrogens (tertiary/aromatic N) is 6. The van der Waals surface area contributed by atoms with Crippen molar-refractivity contribution < 1.29 is 28.1 Å². The number of imidazole rings is 2. The Labute approximate surface area is 237 Å². The van der Waals surface area contributed by atoms with E-state index in [1.54, 1.807) is 4.57 Å². The number of hydrogen-bond donors (Lipinski definition) is 4. The number of anilines is 1. The zero-order valence-electron chi connectivity index (χ0n) is 22.3. The standard InChI is InChI=1S/C26H30ClF3N8O3/c1-12(2)37(6-4-3-5-18-35-15-7-13(26(28,29)30)14(27)8-16(15)36-18)9-17-21(39)25(40)20(22(25)41-17)38-11-34-19-23(31)32-10-33-24(19)38/h7-8,10-12,17,20-22,39-40H,3-6,9H2,1-2H3,(H,35,36)(H2,31,32,33)/t17-,20?,21-,22+,25-/m1/s1. The number of aromatic amines is 1. The predicted octanol–water partition coefficient (Wildman–Crippen LogP) is 3.10. The Morgan fingerprint density at radius 3 is 2.71 bits per heavy atom. The van der Waals surface area contributed by atoms with Crippen LogP contribution in [-0.2, 0) is 17.3 Å². The molecule has 3 aromatic heterocycles. The van der Waals surface area contributed by atoms with Crippen LogP contribution in [0.5, 0.6) is 0 Å². The first-order chi connectivity index (χ1) is 19.4. The molecule has 1 aromatic carbocycles. The zero-order valence-corrected chi connectivity index (χ0v) is 23.1. The number of aliphatic hydroxyl groups is 2. The summed E-state index contributed by atoms with van der Waals surface area (Å²) in [6.45, 7) is 5.21. The number of H-pyrrole nitrogens is 1. The Morgan fingerprint density at radius 1 is 1.24 bits per heavy atom. The lowest BCUT2D eigenvalue weighted by Gasteiger charge is -2.32. The summed E-state index contributed by atoms with van der Waals surface area (Å²) in [5.41, 5.74) is 5.10. The number of nitrogens with one attached hydrogen (secondary N) is 1. The van der Waals surface area contributed by atoms with Crippen molar-refractivity contribution in [3.05, 3.63) is 41.2 Å². The van der Waals surface area contributed by atoms with E-state index in [0.29, 0.717) is 47.5 Å². The maximum Gasteiger partial charge on any atom is 0.417 e. The molecular weight excluding hydrogens is 565 g/mol. The Hall–Kier alpha value is -3.04. The molecule has 1 unspecified atom stereocenters. The van der Waals surface area contributed by atoms with Crippen LogP contribution in [0, 0.1) is 0 Å². The number of aromatic nitrogens is 6. The molecule has 41 heavy (non-hydrogen) atoms. The van der Waals surface area contributed by atoms with Crippen molar-refractivity contribution >= 4 is 39.6 Å². The smallest absolute Gasteiger partial charge is 0.387 e. The largest absolute Gasteiger partial charge is 0.417 e. The average molecular weight is 595 g/mol. The number of nitrogen functional groups attached to an aromatic ring is 1. The average Bonchev–Trinajstić information content (AvgIpc) is 3.25. The van der Waals surface area contributed by atoms with Gasteiger partial charge in [-0.3, -0.25) is 4.90 Å². The molecule has 1 saturated carbocycles. The van der Waals surface area contributed by atoms with Gasteiger partial charge in [-0.1, -0.05) is 11.6 Å². The van der Waals surface area contributed by atoms with E-state index >= 15 is 0 Å². The molecule has 15 heteroatoms. The predicted molar refractivity (Wildman–Crippen MR) is 144 cm³/mol. The number of benzene rings is 1. The molecule has 6 rings (SSSR count). The number of ether oxygens (including phenoxy) is 1. The summed E-state index contributed by atoms with van der Waals surface area (Å²) >= 11 is 5.81. The van der Waals surface area contributed by atoms with Crippen molar-refractivity contribution in [2.75, 3.05) is 18.8 Å². The highest BCUT2D eigenvalue weighted by atomic mass is 35.5. The van der Waals surface area contributed by atoms with Crippen LogP contribution in [0.4, 0.5) is 19.0 Å². The number of nitrogens with two attached hydrogens (primary N) is 1. The number of fused-ring (bicyclic) bond motifs is 3. The third-order valence-corrected chi connectivity index (χ3v) is 8.43. The lowest BCUT2D eigenvalue weighted by Crippen LogP contribution is -2.46. The first-order valence-electron chi connectivity index (χ1n) is 13.4. The van der Waals surface area contributed by atoms with Crippen LogP contribution in [0.15, 0.2) is 24.8 Å². The summed E-state index contributed by atoms with van der Waals surface area (Å²) in [6, 6.07) is 1.84. The third kappa shape index (κ3) is 4.80. The summed E-state index contributed by atoms with van der Waals surface area (Å²) in [6.07, 6.45) is -1.92. The van der Waals surface area contributed by atoms with Crippen molar-refractivity contribution in [2.24, 2.45) is 0 Å². The maximum atomic E-state index is 13.2. The van der Waals surface area contributed by atoms with Gasteiger partial charge in [-0.25, -0.2) is 19.9 Å². The topological polar surface area (TPSA) is 151 Å². The van der Waals surface area contributed by atoms with Gasteiger partial charge in [0.15, 0.2) is 11.5 Å². The van der Waals surface area contributed by atoms with E-state index in [1.807, 2.05) is 13.8 Å². The Bertz CT molecular complexity index is 1590. The van der Waals surface area contributed by atoms with E-state index < -0.39 is 41.7 Å². The first kappa shape index (κ1) is 28.1. The van der Waals surface area contributed by atoms with E-state index in [9.17, 15) is 23.4 Å². The summed E-state index contributed by atoms with van der Waals surface area (Å²) < 4.78 is 47.3. The molecule has 4 aromatic rings. The van der Waals surface area contributed by atoms with Gasteiger partial charge in [-0.15, -0.1) is 0 Å². The van der Waals surface area contributed by atoms with Crippen molar-refractivity contribution in [1.29, 1.82) is 0 Å². The minimum atomic E-state index is -4.54. The molecule has 1 aliphatic heterocycles. The molecular formula is C26H30ClF3N8O3. The molecule has 11 nitrogen and oxygen atoms in total. The lowest BCUT2D eigenvalue weighted by atomic mass is 10.1. The molecule has 5 atom stereocenters. The minimum Gasteiger partial charge on any atom is -0.387 e. The van der Waals surface area contributed by atoms with E-state index in [1.165, 1.54) is 18.7 Å². The summed E-state index contributed by atoms with van der Waals surface area (Å²) in [5.74, 6) is 0.826. The van der Waals surface area contributed by atoms with E-state index in [2.05, 4.69) is 29.8 Å². The molecule has 4 heterocycles. The first-order valence-corrected chi connectivity index (χ1v) is 13.8. The Morgan fingerprint density at radius 2 is 2.02 bits per heavy atom. The minimum absolute atomic E-state index is 0.152. The van der Waals surface area contributed by atoms with Gasteiger partial charge < -0.3 is 30.2 Å². The molecule has 0 radical (unpaired) electrons. The fourth-order valence-corrected chi connectivity index (χ4v) is 6.10. The molecule has 0 amide bonds. The zero-order chi connectivity index (χ0) is 29.3. The van der Waals surface area contributed by atoms with Crippen molar-refractivity contribution in [1.82, 2.24) is 34.4 Å². The Balaban J connectivity index is 1.04. The van der Waals surface area contributed by atoms with Crippen LogP contribution in [0.1, 0.15) is 44.1 Å². The molecule has 5 N–H and O–H groups in total. The normalized spacial score (nSPS) is 26.1. The van der Waals surface area contributed by atoms with Crippen molar-refractivity contribution in [3.63, 3.8) is 0 Å². The quantitative estimate of drug-likeness (QED) is 0.214. The molecule has 1 saturated heterocycles. The van der Waals surface area contributed by atoms with Crippen LogP contribution in [-0.4, -0.2) is 87.6 Å². The fourth-order valence-electron chi connectivity index (χ4n) is 5.84. The number of halogens is 4. The van der Waals surface area contributed by atoms with E-state index in [0.717, 1.165) is 18.9 Å². The highest BCUT2D eigenvalue weighted by Crippen LogP contribution is 2.59. The molecule has 220 valence electrons. The molecule has 2 aliphatic rings. The van der Waals surface area contributed by atoms with Crippen LogP contribution in [0.25, 0.3) is 22.2 Å². The number of hydrogen-bond acceptors (Lipinski definition) is 9. The van der Waals surface area contributed by atoms with Gasteiger partial charge in [0.1, 0.15) is 35.5 Å². The third-order valence-electron chi connectivity index (χ3n) is 8.12. The Kier molecular flexibility index (Phi) is 6.89. The second-order valence-corrected chi connectivity index (χ2v) is 11.4. The van der Waals surface area contributed by atoms with E-state index in [4.69, 9.17) is 22.1 Å². The number of aryl methyl sites for hydroxylation is 1. The lowest BCUT2D eigenvalue weighted by molar-refractivity contribution is -0.137. The van der Waals surface area contributed by atoms with E-state index in [-0.39, 0.29) is 16.9 Å². The summed E-state index contributed by atoms with van der Waals surface area (Å²) in [7, 11) is 0. The van der Waals surface area contributed by atoms with Gasteiger partial charge in [0.25, 0.3) is 0 Å². The highest BCUT2D eigenvalue weighted by molar-refractivity contribution is 6.32. The van der Waals surface area contributed by atoms with Crippen LogP contribution < -0.4 is 5.73 Å². The molecule has 0 bridgehead atoms. The van der Waals surface area contributed by atoms with Crippen molar-refractivity contribution in [2.45, 2.75) is 75.3 Å². The van der Waals surface area contributed by atoms with Crippen LogP contribution >= 0.6 is 11.6 Å². The number of alkyl halides is 3. The molecule has 2 fully saturated rings. The second kappa shape index (κ2) is 10.1. The van der Waals surface area contributed by atoms with Gasteiger partial charge in [0.05, 0.1) is 40.1 Å². The number of rotatable bonds is 9. The van der Waals surface area contributed by atoms with Gasteiger partial charge >= 0.3 is 6.18 Å². The number of unbranched alkanes of at least 4 members (excludes halogenated alkanes) is 1. The van der Waals surface area contributed by atoms with Crippen LogP contribution in [0.2, 0.25) is 5.02 Å². The van der Waals surface area contributed by atoms with Gasteiger partial charge in [0, 0.05) is 19.0 Å². The summed E-state index contributed by atoms with van der Waals surface area (Å²) in [4.78, 5) is 21.9.